The molecule has 0 aliphatic carbocycles. The van der Waals surface area contributed by atoms with Crippen LogP contribution in [0, 0.1) is 0 Å². The molecular formula is C15H16Cl2N2O2. The van der Waals surface area contributed by atoms with Gasteiger partial charge in [0.2, 0.25) is 11.8 Å². The Morgan fingerprint density at radius 2 is 2.05 bits per heavy atom. The topological polar surface area (TPSA) is 40.6 Å². The molecule has 6 heteroatoms. The van der Waals surface area contributed by atoms with Gasteiger partial charge in [0.15, 0.2) is 0 Å². The Hall–Kier alpha value is -1.26. The number of fused-ring (bicyclic) bond motifs is 1. The molecule has 0 saturated carbocycles. The maximum atomic E-state index is 12.6. The third kappa shape index (κ3) is 2.51. The van der Waals surface area contributed by atoms with E-state index >= 15 is 0 Å². The fourth-order valence-corrected chi connectivity index (χ4v) is 3.73. The number of rotatable bonds is 2. The Bertz CT molecular complexity index is 605. The van der Waals surface area contributed by atoms with Crippen LogP contribution in [-0.4, -0.2) is 40.7 Å². The first-order valence-corrected chi connectivity index (χ1v) is 7.79. The van der Waals surface area contributed by atoms with E-state index in [2.05, 4.69) is 0 Å². The number of hydrogen-bond acceptors (Lipinski definition) is 2. The lowest BCUT2D eigenvalue weighted by atomic mass is 10.0. The molecule has 2 atom stereocenters. The predicted molar refractivity (Wildman–Crippen MR) is 81.3 cm³/mol. The second-order valence-electron chi connectivity index (χ2n) is 5.55. The van der Waals surface area contributed by atoms with Crippen LogP contribution in [0.15, 0.2) is 18.2 Å². The van der Waals surface area contributed by atoms with E-state index in [9.17, 15) is 9.59 Å². The molecule has 0 aromatic heterocycles. The minimum atomic E-state index is -0.292. The molecule has 2 unspecified atom stereocenters. The van der Waals surface area contributed by atoms with E-state index in [1.807, 2.05) is 13.0 Å². The zero-order chi connectivity index (χ0) is 15.1. The monoisotopic (exact) mass is 326 g/mol. The van der Waals surface area contributed by atoms with Crippen LogP contribution in [0.2, 0.25) is 10.0 Å². The minimum absolute atomic E-state index is 0.0191. The van der Waals surface area contributed by atoms with Gasteiger partial charge in [-0.3, -0.25) is 9.59 Å². The summed E-state index contributed by atoms with van der Waals surface area (Å²) in [6.45, 7) is 2.71. The Labute approximate surface area is 133 Å². The number of hydrogen-bond donors (Lipinski definition) is 0. The largest absolute Gasteiger partial charge is 0.329 e. The van der Waals surface area contributed by atoms with Gasteiger partial charge in [0.25, 0.3) is 0 Å². The molecule has 1 aromatic rings. The third-order valence-corrected chi connectivity index (χ3v) is 4.89. The third-order valence-electron chi connectivity index (χ3n) is 4.33. The van der Waals surface area contributed by atoms with Crippen molar-refractivity contribution in [2.24, 2.45) is 0 Å². The fourth-order valence-electron chi connectivity index (χ4n) is 3.16. The molecule has 112 valence electrons. The van der Waals surface area contributed by atoms with Crippen molar-refractivity contribution >= 4 is 35.0 Å². The van der Waals surface area contributed by atoms with E-state index < -0.39 is 0 Å². The van der Waals surface area contributed by atoms with Gasteiger partial charge in [-0.2, -0.15) is 0 Å². The molecule has 21 heavy (non-hydrogen) atoms. The summed E-state index contributed by atoms with van der Waals surface area (Å²) in [5.74, 6) is 0.0413. The van der Waals surface area contributed by atoms with Gasteiger partial charge in [-0.1, -0.05) is 29.3 Å². The highest BCUT2D eigenvalue weighted by atomic mass is 35.5. The van der Waals surface area contributed by atoms with Crippen molar-refractivity contribution in [1.29, 1.82) is 0 Å². The minimum Gasteiger partial charge on any atom is -0.329 e. The molecule has 4 nitrogen and oxygen atoms in total. The van der Waals surface area contributed by atoms with E-state index in [0.717, 1.165) is 18.4 Å². The van der Waals surface area contributed by atoms with Gasteiger partial charge in [-0.25, -0.2) is 0 Å². The first-order valence-electron chi connectivity index (χ1n) is 7.04. The van der Waals surface area contributed by atoms with Gasteiger partial charge < -0.3 is 9.80 Å². The Morgan fingerprint density at radius 3 is 2.76 bits per heavy atom. The molecule has 2 aliphatic heterocycles. The van der Waals surface area contributed by atoms with E-state index in [4.69, 9.17) is 23.2 Å². The number of halogens is 2. The van der Waals surface area contributed by atoms with Crippen LogP contribution in [0.25, 0.3) is 0 Å². The molecule has 2 aliphatic rings. The highest BCUT2D eigenvalue weighted by Crippen LogP contribution is 2.33. The average molecular weight is 327 g/mol. The van der Waals surface area contributed by atoms with Crippen LogP contribution in [0.1, 0.15) is 31.4 Å². The zero-order valence-corrected chi connectivity index (χ0v) is 13.2. The maximum absolute atomic E-state index is 12.6. The molecule has 2 amide bonds. The number of carbonyl (C=O) groups is 2. The van der Waals surface area contributed by atoms with Crippen molar-refractivity contribution in [2.75, 3.05) is 13.1 Å². The normalized spacial score (nSPS) is 23.5. The Morgan fingerprint density at radius 1 is 1.29 bits per heavy atom. The van der Waals surface area contributed by atoms with Crippen molar-refractivity contribution in [3.8, 4) is 0 Å². The lowest BCUT2D eigenvalue weighted by Crippen LogP contribution is -2.57. The number of amides is 2. The van der Waals surface area contributed by atoms with Crippen LogP contribution < -0.4 is 0 Å². The molecule has 0 spiro atoms. The molecule has 2 heterocycles. The summed E-state index contributed by atoms with van der Waals surface area (Å²) in [4.78, 5) is 28.1. The van der Waals surface area contributed by atoms with Crippen molar-refractivity contribution in [3.63, 3.8) is 0 Å². The van der Waals surface area contributed by atoms with Crippen LogP contribution in [-0.2, 0) is 9.59 Å². The summed E-state index contributed by atoms with van der Waals surface area (Å²) in [7, 11) is 0. The summed E-state index contributed by atoms with van der Waals surface area (Å²) in [5, 5.41) is 1.07. The fraction of sp³-hybridized carbons (Fsp3) is 0.467. The van der Waals surface area contributed by atoms with Crippen LogP contribution in [0.4, 0.5) is 0 Å². The predicted octanol–water partition coefficient (Wildman–Crippen LogP) is 2.89. The number of carbonyl (C=O) groups excluding carboxylic acids is 2. The first kappa shape index (κ1) is 14.7. The van der Waals surface area contributed by atoms with Crippen molar-refractivity contribution in [3.05, 3.63) is 33.8 Å². The highest BCUT2D eigenvalue weighted by Gasteiger charge is 2.43. The summed E-state index contributed by atoms with van der Waals surface area (Å²) < 4.78 is 0. The standard InChI is InChI=1S/C15H16Cl2N2O2/c1-9(11-5-4-10(16)7-12(11)17)19-8-14(20)18-6-2-3-13(18)15(19)21/h4-5,7,9,13H,2-3,6,8H2,1H3. The summed E-state index contributed by atoms with van der Waals surface area (Å²) in [6, 6.07) is 4.69. The summed E-state index contributed by atoms with van der Waals surface area (Å²) in [5.41, 5.74) is 0.814. The van der Waals surface area contributed by atoms with E-state index in [1.165, 1.54) is 0 Å². The zero-order valence-electron chi connectivity index (χ0n) is 11.7. The molecular weight excluding hydrogens is 311 g/mol. The Kier molecular flexibility index (Phi) is 3.84. The lowest BCUT2D eigenvalue weighted by Gasteiger charge is -2.39. The Balaban J connectivity index is 1.88. The van der Waals surface area contributed by atoms with Crippen LogP contribution >= 0.6 is 23.2 Å². The molecule has 0 bridgehead atoms. The molecule has 2 fully saturated rings. The molecule has 2 saturated heterocycles. The quantitative estimate of drug-likeness (QED) is 0.838. The first-order chi connectivity index (χ1) is 9.99. The van der Waals surface area contributed by atoms with E-state index in [-0.39, 0.29) is 30.4 Å². The number of piperazine rings is 1. The number of benzene rings is 1. The molecule has 0 radical (unpaired) electrons. The van der Waals surface area contributed by atoms with Gasteiger partial charge in [0.1, 0.15) is 12.6 Å². The molecule has 0 N–H and O–H groups in total. The van der Waals surface area contributed by atoms with E-state index in [1.54, 1.807) is 21.9 Å². The second-order valence-corrected chi connectivity index (χ2v) is 6.40. The molecule has 1 aromatic carbocycles. The van der Waals surface area contributed by atoms with Gasteiger partial charge in [0, 0.05) is 16.6 Å². The van der Waals surface area contributed by atoms with Crippen LogP contribution in [0.3, 0.4) is 0 Å². The smallest absolute Gasteiger partial charge is 0.246 e. The number of nitrogens with zero attached hydrogens (tertiary/aromatic N) is 2. The van der Waals surface area contributed by atoms with Gasteiger partial charge in [-0.05, 0) is 37.5 Å². The second kappa shape index (κ2) is 5.50. The highest BCUT2D eigenvalue weighted by molar-refractivity contribution is 6.35. The summed E-state index contributed by atoms with van der Waals surface area (Å²) in [6.07, 6.45) is 1.65. The van der Waals surface area contributed by atoms with Crippen molar-refractivity contribution < 1.29 is 9.59 Å². The maximum Gasteiger partial charge on any atom is 0.246 e. The van der Waals surface area contributed by atoms with Gasteiger partial charge >= 0.3 is 0 Å². The van der Waals surface area contributed by atoms with Crippen LogP contribution in [0.5, 0.6) is 0 Å². The average Bonchev–Trinajstić information content (AvgIpc) is 2.92. The van der Waals surface area contributed by atoms with Crippen molar-refractivity contribution in [2.45, 2.75) is 31.8 Å². The molecule has 3 rings (SSSR count). The summed E-state index contributed by atoms with van der Waals surface area (Å²) >= 11 is 12.1. The van der Waals surface area contributed by atoms with Crippen molar-refractivity contribution in [1.82, 2.24) is 9.80 Å². The van der Waals surface area contributed by atoms with Gasteiger partial charge in [-0.15, -0.1) is 0 Å². The lowest BCUT2D eigenvalue weighted by molar-refractivity contribution is -0.155. The van der Waals surface area contributed by atoms with E-state index in [0.29, 0.717) is 16.6 Å². The SMILES string of the molecule is CC(c1ccc(Cl)cc1Cl)N1CC(=O)N2CCCC2C1=O. The van der Waals surface area contributed by atoms with Gasteiger partial charge in [0.05, 0.1) is 6.04 Å².